The standard InChI is InChI=1S/C17H20F4N6O2S/c1-3-27-8-11(18)15(25-27)30(22,29)26-16(28)24-14-9(2)13(7-17(19,20)21)23-12-6-4-5-10(12)14/h8H,3-7H2,1-2H3,(H3,22,23,24,26,28,29)/t30-/m1/s1. The van der Waals surface area contributed by atoms with Crippen LogP contribution in [0.5, 0.6) is 0 Å². The molecule has 2 amide bonds. The van der Waals surface area contributed by atoms with E-state index >= 15 is 0 Å². The minimum atomic E-state index is -4.47. The van der Waals surface area contributed by atoms with Crippen LogP contribution in [-0.2, 0) is 35.7 Å². The molecule has 164 valence electrons. The molecule has 0 unspecified atom stereocenters. The van der Waals surface area contributed by atoms with Gasteiger partial charge < -0.3 is 5.32 Å². The summed E-state index contributed by atoms with van der Waals surface area (Å²) in [7, 11) is -4.01. The zero-order valence-electron chi connectivity index (χ0n) is 16.2. The van der Waals surface area contributed by atoms with Gasteiger partial charge in [0.25, 0.3) is 0 Å². The van der Waals surface area contributed by atoms with Gasteiger partial charge in [0, 0.05) is 12.2 Å². The molecule has 0 spiro atoms. The van der Waals surface area contributed by atoms with Gasteiger partial charge in [0.15, 0.2) is 15.7 Å². The number of nitrogens with zero attached hydrogens (tertiary/aromatic N) is 4. The fourth-order valence-electron chi connectivity index (χ4n) is 3.30. The van der Waals surface area contributed by atoms with Crippen molar-refractivity contribution >= 4 is 21.6 Å². The average molecular weight is 448 g/mol. The highest BCUT2D eigenvalue weighted by Crippen LogP contribution is 2.34. The molecule has 0 aliphatic heterocycles. The van der Waals surface area contributed by atoms with Crippen LogP contribution in [0.15, 0.2) is 15.6 Å². The normalized spacial score (nSPS) is 15.6. The van der Waals surface area contributed by atoms with Gasteiger partial charge in [-0.05, 0) is 44.2 Å². The number of anilines is 1. The van der Waals surface area contributed by atoms with Crippen LogP contribution >= 0.6 is 0 Å². The number of alkyl halides is 3. The zero-order valence-corrected chi connectivity index (χ0v) is 17.0. The van der Waals surface area contributed by atoms with Crippen molar-refractivity contribution in [3.63, 3.8) is 0 Å². The molecule has 0 saturated carbocycles. The van der Waals surface area contributed by atoms with E-state index in [1.54, 1.807) is 6.92 Å². The average Bonchev–Trinajstić information content (AvgIpc) is 3.23. The number of nitrogens with one attached hydrogen (secondary N) is 1. The lowest BCUT2D eigenvalue weighted by molar-refractivity contribution is -0.127. The molecular weight excluding hydrogens is 428 g/mol. The van der Waals surface area contributed by atoms with Crippen LogP contribution in [0.25, 0.3) is 0 Å². The minimum Gasteiger partial charge on any atom is -0.305 e. The molecule has 3 rings (SSSR count). The Bertz CT molecular complexity index is 1120. The Balaban J connectivity index is 1.97. The first kappa shape index (κ1) is 22.2. The van der Waals surface area contributed by atoms with Crippen LogP contribution in [0.2, 0.25) is 0 Å². The number of nitrogens with two attached hydrogens (primary N) is 1. The lowest BCUT2D eigenvalue weighted by atomic mass is 10.0. The molecular formula is C17H20F4N6O2S. The maximum absolute atomic E-state index is 14.0. The molecule has 0 bridgehead atoms. The lowest BCUT2D eigenvalue weighted by Gasteiger charge is -2.17. The number of rotatable bonds is 4. The first-order chi connectivity index (χ1) is 13.9. The third-order valence-electron chi connectivity index (χ3n) is 4.67. The maximum Gasteiger partial charge on any atom is 0.394 e. The number of amides is 2. The number of halogens is 4. The second-order valence-corrected chi connectivity index (χ2v) is 8.56. The number of urea groups is 1. The van der Waals surface area contributed by atoms with Crippen molar-refractivity contribution < 1.29 is 26.6 Å². The van der Waals surface area contributed by atoms with Crippen molar-refractivity contribution in [3.05, 3.63) is 34.5 Å². The Labute approximate surface area is 170 Å². The highest BCUT2D eigenvalue weighted by molar-refractivity contribution is 7.91. The summed E-state index contributed by atoms with van der Waals surface area (Å²) >= 11 is 0. The fraction of sp³-hybridized carbons (Fsp3) is 0.471. The lowest BCUT2D eigenvalue weighted by Crippen LogP contribution is -2.21. The summed E-state index contributed by atoms with van der Waals surface area (Å²) in [5, 5.41) is 11.0. The van der Waals surface area contributed by atoms with Gasteiger partial charge >= 0.3 is 12.2 Å². The van der Waals surface area contributed by atoms with E-state index in [-0.39, 0.29) is 23.5 Å². The van der Waals surface area contributed by atoms with Gasteiger partial charge in [-0.3, -0.25) is 9.67 Å². The van der Waals surface area contributed by atoms with Gasteiger partial charge in [-0.15, -0.1) is 4.36 Å². The molecule has 2 aromatic heterocycles. The quantitative estimate of drug-likeness (QED) is 0.699. The van der Waals surface area contributed by atoms with Crippen molar-refractivity contribution in [1.29, 1.82) is 0 Å². The number of fused-ring (bicyclic) bond motifs is 1. The molecule has 8 nitrogen and oxygen atoms in total. The number of carbonyl (C=O) groups is 1. The molecule has 3 N–H and O–H groups in total. The molecule has 30 heavy (non-hydrogen) atoms. The van der Waals surface area contributed by atoms with E-state index in [2.05, 4.69) is 19.8 Å². The van der Waals surface area contributed by atoms with Gasteiger partial charge in [-0.1, -0.05) is 0 Å². The van der Waals surface area contributed by atoms with Crippen molar-refractivity contribution in [2.75, 3.05) is 5.32 Å². The fourth-order valence-corrected chi connectivity index (χ4v) is 4.24. The number of aryl methyl sites for hydroxylation is 2. The molecule has 0 aromatic carbocycles. The summed E-state index contributed by atoms with van der Waals surface area (Å²) in [5.74, 6) is -0.977. The van der Waals surface area contributed by atoms with Gasteiger partial charge in [-0.2, -0.15) is 18.3 Å². The van der Waals surface area contributed by atoms with Gasteiger partial charge in [0.2, 0.25) is 5.03 Å². The van der Waals surface area contributed by atoms with Crippen LogP contribution in [0.4, 0.5) is 28.0 Å². The number of carbonyl (C=O) groups excluding carboxylic acids is 1. The van der Waals surface area contributed by atoms with Crippen molar-refractivity contribution in [2.45, 2.75) is 57.3 Å². The van der Waals surface area contributed by atoms with Crippen LogP contribution in [0, 0.1) is 12.7 Å². The Morgan fingerprint density at radius 2 is 2.10 bits per heavy atom. The Morgan fingerprint density at radius 3 is 2.70 bits per heavy atom. The molecule has 0 fully saturated rings. The van der Waals surface area contributed by atoms with Crippen molar-refractivity contribution in [3.8, 4) is 0 Å². The van der Waals surface area contributed by atoms with E-state index in [9.17, 15) is 26.6 Å². The van der Waals surface area contributed by atoms with Crippen LogP contribution in [0.1, 0.15) is 35.9 Å². The van der Waals surface area contributed by atoms with E-state index in [4.69, 9.17) is 5.14 Å². The predicted octanol–water partition coefficient (Wildman–Crippen LogP) is 3.27. The number of hydrogen-bond acceptors (Lipinski definition) is 4. The topological polar surface area (TPSA) is 115 Å². The molecule has 2 heterocycles. The van der Waals surface area contributed by atoms with Gasteiger partial charge in [-0.25, -0.2) is 18.5 Å². The Kier molecular flexibility index (Phi) is 5.87. The number of aromatic nitrogens is 3. The Hall–Kier alpha value is -2.54. The summed E-state index contributed by atoms with van der Waals surface area (Å²) in [6.07, 6.45) is -3.09. The summed E-state index contributed by atoms with van der Waals surface area (Å²) in [6, 6.07) is -1.17. The summed E-state index contributed by atoms with van der Waals surface area (Å²) in [5.41, 5.74) is 1.14. The first-order valence-corrected chi connectivity index (χ1v) is 10.7. The summed E-state index contributed by atoms with van der Waals surface area (Å²) in [6.45, 7) is 3.36. The third kappa shape index (κ3) is 4.61. The van der Waals surface area contributed by atoms with Crippen molar-refractivity contribution in [1.82, 2.24) is 14.8 Å². The first-order valence-electron chi connectivity index (χ1n) is 9.08. The van der Waals surface area contributed by atoms with E-state index in [1.165, 1.54) is 6.92 Å². The van der Waals surface area contributed by atoms with Crippen LogP contribution in [-0.4, -0.2) is 31.2 Å². The van der Waals surface area contributed by atoms with Gasteiger partial charge in [0.1, 0.15) is 0 Å². The van der Waals surface area contributed by atoms with E-state index in [0.717, 1.165) is 10.9 Å². The molecule has 0 saturated heterocycles. The highest BCUT2D eigenvalue weighted by Gasteiger charge is 2.32. The molecule has 1 atom stereocenters. The SMILES string of the molecule is CCn1cc(F)c([S@](N)(=O)=NC(=O)Nc2c(C)c(CC(F)(F)F)nc3c2CCC3)n1. The largest absolute Gasteiger partial charge is 0.394 e. The molecule has 13 heteroatoms. The predicted molar refractivity (Wildman–Crippen MR) is 101 cm³/mol. The van der Waals surface area contributed by atoms with Crippen LogP contribution < -0.4 is 10.5 Å². The maximum atomic E-state index is 14.0. The van der Waals surface area contributed by atoms with Crippen LogP contribution in [0.3, 0.4) is 0 Å². The number of hydrogen-bond donors (Lipinski definition) is 2. The summed E-state index contributed by atoms with van der Waals surface area (Å²) in [4.78, 5) is 16.5. The second-order valence-electron chi connectivity index (χ2n) is 6.86. The van der Waals surface area contributed by atoms with Crippen molar-refractivity contribution in [2.24, 2.45) is 9.50 Å². The van der Waals surface area contributed by atoms with E-state index in [0.29, 0.717) is 30.5 Å². The molecule has 1 aliphatic carbocycles. The van der Waals surface area contributed by atoms with E-state index in [1.807, 2.05) is 0 Å². The molecule has 1 aliphatic rings. The minimum absolute atomic E-state index is 0.139. The third-order valence-corrected chi connectivity index (χ3v) is 5.94. The summed E-state index contributed by atoms with van der Waals surface area (Å²) < 4.78 is 69.8. The molecule has 0 radical (unpaired) electrons. The van der Waals surface area contributed by atoms with E-state index < -0.39 is 39.4 Å². The van der Waals surface area contributed by atoms with Gasteiger partial charge in [0.05, 0.1) is 24.0 Å². The smallest absolute Gasteiger partial charge is 0.305 e. The molecule has 2 aromatic rings. The Morgan fingerprint density at radius 1 is 1.40 bits per heavy atom. The monoisotopic (exact) mass is 448 g/mol. The zero-order chi connectivity index (χ0) is 22.3. The second kappa shape index (κ2) is 7.95. The number of pyridine rings is 1. The highest BCUT2D eigenvalue weighted by atomic mass is 32.2.